The van der Waals surface area contributed by atoms with Gasteiger partial charge in [-0.25, -0.2) is 0 Å². The molecule has 0 saturated heterocycles. The number of rotatable bonds is 12. The smallest absolute Gasteiger partial charge is 0.0784 e. The Hall–Kier alpha value is -0.0400. The van der Waals surface area contributed by atoms with Crippen molar-refractivity contribution in [3.05, 3.63) is 0 Å². The van der Waals surface area contributed by atoms with Crippen LogP contribution < -0.4 is 0 Å². The van der Waals surface area contributed by atoms with Gasteiger partial charge in [0.25, 0.3) is 0 Å². The van der Waals surface area contributed by atoms with Crippen LogP contribution in [0.1, 0.15) is 78.6 Å². The first kappa shape index (κ1) is 18.0. The monoisotopic (exact) mass is 256 g/mol. The van der Waals surface area contributed by atoms with Gasteiger partial charge in [0.1, 0.15) is 0 Å². The summed E-state index contributed by atoms with van der Waals surface area (Å²) in [6.45, 7) is 9.65. The molecule has 0 bridgehead atoms. The second kappa shape index (κ2) is 10.8. The van der Waals surface area contributed by atoms with Gasteiger partial charge in [-0.2, -0.15) is 0 Å². The topological polar surface area (TPSA) is 0 Å². The normalized spacial score (nSPS) is 12.3. The molecule has 0 N–H and O–H groups in total. The highest BCUT2D eigenvalue weighted by atomic mass is 15.3. The molecule has 0 aromatic rings. The highest BCUT2D eigenvalue weighted by Gasteiger charge is 2.14. The molecule has 0 aliphatic carbocycles. The van der Waals surface area contributed by atoms with Crippen LogP contribution in [0.5, 0.6) is 0 Å². The van der Waals surface area contributed by atoms with Crippen molar-refractivity contribution < 1.29 is 4.48 Å². The average molecular weight is 256 g/mol. The standard InChI is InChI=1S/C17H38N/c1-6-7-8-9-10-11-12-13-15-18(4,5)16-14-17(2)3/h17H,6-16H2,1-5H3/q+1. The first-order chi connectivity index (χ1) is 8.48. The van der Waals surface area contributed by atoms with Gasteiger partial charge in [0.2, 0.25) is 0 Å². The summed E-state index contributed by atoms with van der Waals surface area (Å²) in [6, 6.07) is 0. The van der Waals surface area contributed by atoms with E-state index < -0.39 is 0 Å². The van der Waals surface area contributed by atoms with Crippen LogP contribution in [0.2, 0.25) is 0 Å². The van der Waals surface area contributed by atoms with E-state index in [-0.39, 0.29) is 0 Å². The van der Waals surface area contributed by atoms with Gasteiger partial charge in [-0.3, -0.25) is 0 Å². The predicted octanol–water partition coefficient (Wildman–Crippen LogP) is 5.25. The molecule has 0 radical (unpaired) electrons. The lowest BCUT2D eigenvalue weighted by molar-refractivity contribution is -0.891. The van der Waals surface area contributed by atoms with Gasteiger partial charge in [-0.15, -0.1) is 0 Å². The summed E-state index contributed by atoms with van der Waals surface area (Å²) in [5, 5.41) is 0. The summed E-state index contributed by atoms with van der Waals surface area (Å²) in [6.07, 6.45) is 12.8. The lowest BCUT2D eigenvalue weighted by Crippen LogP contribution is -2.41. The van der Waals surface area contributed by atoms with Crippen LogP contribution in [0.4, 0.5) is 0 Å². The summed E-state index contributed by atoms with van der Waals surface area (Å²) in [5.74, 6) is 0.848. The molecule has 1 nitrogen and oxygen atoms in total. The first-order valence-electron chi connectivity index (χ1n) is 8.30. The average Bonchev–Trinajstić information content (AvgIpc) is 2.30. The van der Waals surface area contributed by atoms with Gasteiger partial charge >= 0.3 is 0 Å². The second-order valence-electron chi connectivity index (χ2n) is 7.04. The molecule has 0 aliphatic heterocycles. The fraction of sp³-hybridized carbons (Fsp3) is 1.00. The summed E-state index contributed by atoms with van der Waals surface area (Å²) in [4.78, 5) is 0. The van der Waals surface area contributed by atoms with E-state index in [0.29, 0.717) is 0 Å². The van der Waals surface area contributed by atoms with E-state index in [2.05, 4.69) is 34.9 Å². The van der Waals surface area contributed by atoms with E-state index in [9.17, 15) is 0 Å². The van der Waals surface area contributed by atoms with Crippen LogP contribution in [0, 0.1) is 5.92 Å². The van der Waals surface area contributed by atoms with E-state index >= 15 is 0 Å². The maximum atomic E-state index is 2.39. The summed E-state index contributed by atoms with van der Waals surface area (Å²) in [5.41, 5.74) is 0. The zero-order valence-electron chi connectivity index (χ0n) is 13.8. The molecular formula is C17H38N+. The maximum absolute atomic E-state index is 2.39. The molecule has 0 amide bonds. The second-order valence-corrected chi connectivity index (χ2v) is 7.04. The minimum Gasteiger partial charge on any atom is -0.328 e. The van der Waals surface area contributed by atoms with E-state index in [0.717, 1.165) is 5.92 Å². The van der Waals surface area contributed by atoms with Gasteiger partial charge in [0.15, 0.2) is 0 Å². The van der Waals surface area contributed by atoms with Crippen LogP contribution in [0.3, 0.4) is 0 Å². The van der Waals surface area contributed by atoms with Gasteiger partial charge in [0.05, 0.1) is 27.2 Å². The van der Waals surface area contributed by atoms with Crippen molar-refractivity contribution in [3.8, 4) is 0 Å². The quantitative estimate of drug-likeness (QED) is 0.330. The van der Waals surface area contributed by atoms with Crippen LogP contribution in [0.15, 0.2) is 0 Å². The maximum Gasteiger partial charge on any atom is 0.0784 e. The van der Waals surface area contributed by atoms with E-state index in [1.807, 2.05) is 0 Å². The first-order valence-corrected chi connectivity index (χ1v) is 8.30. The third-order valence-corrected chi connectivity index (χ3v) is 3.93. The van der Waals surface area contributed by atoms with Crippen molar-refractivity contribution in [3.63, 3.8) is 0 Å². The lowest BCUT2D eigenvalue weighted by atomic mass is 10.1. The number of hydrogen-bond donors (Lipinski definition) is 0. The molecule has 110 valence electrons. The molecule has 0 aromatic heterocycles. The Balaban J connectivity index is 3.35. The van der Waals surface area contributed by atoms with Crippen molar-refractivity contribution >= 4 is 0 Å². The van der Waals surface area contributed by atoms with Crippen LogP contribution in [0.25, 0.3) is 0 Å². The van der Waals surface area contributed by atoms with Gasteiger partial charge in [0, 0.05) is 0 Å². The Morgan fingerprint density at radius 2 is 1.22 bits per heavy atom. The lowest BCUT2D eigenvalue weighted by Gasteiger charge is -2.30. The minimum atomic E-state index is 0.848. The summed E-state index contributed by atoms with van der Waals surface area (Å²) < 4.78 is 1.22. The van der Waals surface area contributed by atoms with Crippen molar-refractivity contribution in [1.29, 1.82) is 0 Å². The Kier molecular flexibility index (Phi) is 10.8. The molecule has 0 unspecified atom stereocenters. The molecule has 0 atom stereocenters. The largest absolute Gasteiger partial charge is 0.328 e. The van der Waals surface area contributed by atoms with Gasteiger partial charge in [-0.1, -0.05) is 59.3 Å². The SMILES string of the molecule is CCCCCCCCCC[N+](C)(C)CCC(C)C. The molecule has 0 aliphatic rings. The molecule has 0 spiro atoms. The highest BCUT2D eigenvalue weighted by Crippen LogP contribution is 2.11. The van der Waals surface area contributed by atoms with Gasteiger partial charge < -0.3 is 4.48 Å². The van der Waals surface area contributed by atoms with Crippen LogP contribution in [-0.4, -0.2) is 31.7 Å². The Morgan fingerprint density at radius 3 is 1.72 bits per heavy atom. The summed E-state index contributed by atoms with van der Waals surface area (Å²) >= 11 is 0. The van der Waals surface area contributed by atoms with Crippen molar-refractivity contribution in [2.24, 2.45) is 5.92 Å². The molecule has 0 saturated carbocycles. The van der Waals surface area contributed by atoms with Crippen molar-refractivity contribution in [1.82, 2.24) is 0 Å². The molecule has 0 fully saturated rings. The molecule has 1 heteroatoms. The van der Waals surface area contributed by atoms with E-state index in [1.54, 1.807) is 0 Å². The fourth-order valence-electron chi connectivity index (χ4n) is 2.39. The number of unbranched alkanes of at least 4 members (excludes halogenated alkanes) is 7. The Bertz CT molecular complexity index is 172. The predicted molar refractivity (Wildman–Crippen MR) is 83.9 cm³/mol. The fourth-order valence-corrected chi connectivity index (χ4v) is 2.39. The third kappa shape index (κ3) is 12.4. The Morgan fingerprint density at radius 1 is 0.722 bits per heavy atom. The van der Waals surface area contributed by atoms with Crippen molar-refractivity contribution in [2.75, 3.05) is 27.2 Å². The number of hydrogen-bond acceptors (Lipinski definition) is 0. The molecule has 0 heterocycles. The van der Waals surface area contributed by atoms with E-state index in [4.69, 9.17) is 0 Å². The zero-order valence-corrected chi connectivity index (χ0v) is 13.8. The minimum absolute atomic E-state index is 0.848. The van der Waals surface area contributed by atoms with Crippen LogP contribution in [-0.2, 0) is 0 Å². The Labute approximate surface area is 117 Å². The third-order valence-electron chi connectivity index (χ3n) is 3.93. The highest BCUT2D eigenvalue weighted by molar-refractivity contribution is 4.48. The van der Waals surface area contributed by atoms with Crippen molar-refractivity contribution in [2.45, 2.75) is 78.6 Å². The number of nitrogens with zero attached hydrogens (tertiary/aromatic N) is 1. The van der Waals surface area contributed by atoms with E-state index in [1.165, 1.54) is 75.4 Å². The van der Waals surface area contributed by atoms with Crippen LogP contribution >= 0.6 is 0 Å². The zero-order chi connectivity index (χ0) is 13.9. The molecule has 18 heavy (non-hydrogen) atoms. The molecular weight excluding hydrogens is 218 g/mol. The number of quaternary nitrogens is 1. The molecule has 0 aromatic carbocycles. The summed E-state index contributed by atoms with van der Waals surface area (Å²) in [7, 11) is 4.78. The molecule has 0 rings (SSSR count). The van der Waals surface area contributed by atoms with Gasteiger partial charge in [-0.05, 0) is 25.2 Å².